The highest BCUT2D eigenvalue weighted by molar-refractivity contribution is 6.31. The summed E-state index contributed by atoms with van der Waals surface area (Å²) >= 11 is 6.19. The fraction of sp³-hybridized carbons (Fsp3) is 0.0400. The molecule has 4 aromatic rings. The van der Waals surface area contributed by atoms with Crippen LogP contribution in [0.1, 0.15) is 11.3 Å². The molecule has 1 aromatic heterocycles. The Kier molecular flexibility index (Phi) is 4.81. The van der Waals surface area contributed by atoms with E-state index in [1.807, 2.05) is 53.2 Å². The van der Waals surface area contributed by atoms with Crippen molar-refractivity contribution in [2.45, 2.75) is 6.54 Å². The van der Waals surface area contributed by atoms with Crippen molar-refractivity contribution < 1.29 is 9.59 Å². The van der Waals surface area contributed by atoms with Crippen molar-refractivity contribution in [2.75, 3.05) is 0 Å². The molecule has 152 valence electrons. The van der Waals surface area contributed by atoms with Crippen molar-refractivity contribution in [1.82, 2.24) is 14.8 Å². The number of carbonyl (C=O) groups excluding carboxylic acids is 2. The standard InChI is InChI=1S/C25H18ClN3O2/c26-22-10-4-3-8-19(22)16-29-24(30)23(27-25(29)31)15-20-9-5-13-28(20)21-12-11-17-6-1-2-7-18(17)14-21/h1-15H,16H2,(H,27,31)/b23-15-. The molecule has 0 aliphatic carbocycles. The second kappa shape index (κ2) is 7.78. The fourth-order valence-electron chi connectivity index (χ4n) is 3.73. The molecular weight excluding hydrogens is 410 g/mol. The summed E-state index contributed by atoms with van der Waals surface area (Å²) in [5.41, 5.74) is 2.71. The zero-order valence-corrected chi connectivity index (χ0v) is 17.2. The molecule has 1 saturated heterocycles. The number of carbonyl (C=O) groups is 2. The van der Waals surface area contributed by atoms with Gasteiger partial charge in [-0.1, -0.05) is 60.1 Å². The van der Waals surface area contributed by atoms with Crippen LogP contribution in [0.5, 0.6) is 0 Å². The van der Waals surface area contributed by atoms with Crippen LogP contribution in [0, 0.1) is 0 Å². The van der Waals surface area contributed by atoms with Crippen LogP contribution in [0.15, 0.2) is 90.8 Å². The predicted molar refractivity (Wildman–Crippen MR) is 122 cm³/mol. The molecular formula is C25H18ClN3O2. The molecule has 3 aromatic carbocycles. The van der Waals surface area contributed by atoms with Crippen molar-refractivity contribution in [3.63, 3.8) is 0 Å². The van der Waals surface area contributed by atoms with Gasteiger partial charge in [-0.25, -0.2) is 4.79 Å². The Balaban J connectivity index is 1.45. The third-order valence-electron chi connectivity index (χ3n) is 5.33. The lowest BCUT2D eigenvalue weighted by Crippen LogP contribution is -2.30. The Labute approximate surface area is 184 Å². The average molecular weight is 428 g/mol. The molecule has 0 saturated carbocycles. The van der Waals surface area contributed by atoms with Crippen LogP contribution < -0.4 is 5.32 Å². The average Bonchev–Trinajstić information content (AvgIpc) is 3.35. The van der Waals surface area contributed by atoms with E-state index in [0.29, 0.717) is 10.6 Å². The summed E-state index contributed by atoms with van der Waals surface area (Å²) in [7, 11) is 0. The number of amides is 3. The van der Waals surface area contributed by atoms with E-state index < -0.39 is 6.03 Å². The summed E-state index contributed by atoms with van der Waals surface area (Å²) in [6.07, 6.45) is 3.63. The van der Waals surface area contributed by atoms with Gasteiger partial charge in [0, 0.05) is 22.6 Å². The van der Waals surface area contributed by atoms with Gasteiger partial charge in [-0.3, -0.25) is 9.69 Å². The number of halogens is 1. The van der Waals surface area contributed by atoms with Gasteiger partial charge in [0.1, 0.15) is 5.70 Å². The van der Waals surface area contributed by atoms with E-state index in [1.165, 1.54) is 0 Å². The molecule has 1 fully saturated rings. The first kappa shape index (κ1) is 19.2. The minimum absolute atomic E-state index is 0.118. The van der Waals surface area contributed by atoms with Gasteiger partial charge in [0.25, 0.3) is 5.91 Å². The lowest BCUT2D eigenvalue weighted by atomic mass is 10.1. The fourth-order valence-corrected chi connectivity index (χ4v) is 3.93. The predicted octanol–water partition coefficient (Wildman–Crippen LogP) is 5.38. The van der Waals surface area contributed by atoms with E-state index >= 15 is 0 Å². The van der Waals surface area contributed by atoms with E-state index in [9.17, 15) is 9.59 Å². The number of aromatic nitrogens is 1. The number of rotatable bonds is 4. The van der Waals surface area contributed by atoms with Crippen molar-refractivity contribution in [2.24, 2.45) is 0 Å². The van der Waals surface area contributed by atoms with Crippen LogP contribution in [0.25, 0.3) is 22.5 Å². The molecule has 0 atom stereocenters. The number of nitrogens with zero attached hydrogens (tertiary/aromatic N) is 2. The molecule has 5 rings (SSSR count). The molecule has 1 aliphatic rings. The number of benzene rings is 3. The van der Waals surface area contributed by atoms with Crippen LogP contribution >= 0.6 is 11.6 Å². The molecule has 2 heterocycles. The van der Waals surface area contributed by atoms with Gasteiger partial charge in [-0.15, -0.1) is 0 Å². The monoisotopic (exact) mass is 427 g/mol. The first-order valence-corrected chi connectivity index (χ1v) is 10.2. The van der Waals surface area contributed by atoms with E-state index in [2.05, 4.69) is 29.6 Å². The van der Waals surface area contributed by atoms with Gasteiger partial charge in [-0.2, -0.15) is 0 Å². The summed E-state index contributed by atoms with van der Waals surface area (Å²) in [5, 5.41) is 5.49. The first-order valence-electron chi connectivity index (χ1n) is 9.85. The highest BCUT2D eigenvalue weighted by atomic mass is 35.5. The third-order valence-corrected chi connectivity index (χ3v) is 5.70. The first-order chi connectivity index (χ1) is 15.1. The van der Waals surface area contributed by atoms with Crippen molar-refractivity contribution in [1.29, 1.82) is 0 Å². The highest BCUT2D eigenvalue weighted by Crippen LogP contribution is 2.24. The van der Waals surface area contributed by atoms with Crippen LogP contribution in [-0.2, 0) is 11.3 Å². The molecule has 1 N–H and O–H groups in total. The molecule has 0 bridgehead atoms. The summed E-state index contributed by atoms with van der Waals surface area (Å²) in [6, 6.07) is 24.9. The maximum atomic E-state index is 12.9. The SMILES string of the molecule is O=C1N/C(=C\c2cccn2-c2ccc3ccccc3c2)C(=O)N1Cc1ccccc1Cl. The smallest absolute Gasteiger partial charge is 0.317 e. The number of imide groups is 1. The highest BCUT2D eigenvalue weighted by Gasteiger charge is 2.34. The van der Waals surface area contributed by atoms with Gasteiger partial charge in [0.05, 0.1) is 6.54 Å². The normalized spacial score (nSPS) is 15.1. The Morgan fingerprint density at radius 3 is 2.48 bits per heavy atom. The van der Waals surface area contributed by atoms with Gasteiger partial charge in [0.2, 0.25) is 0 Å². The van der Waals surface area contributed by atoms with Crippen molar-refractivity contribution >= 4 is 40.4 Å². The molecule has 5 nitrogen and oxygen atoms in total. The Morgan fingerprint density at radius 1 is 0.871 bits per heavy atom. The number of urea groups is 1. The Bertz CT molecular complexity index is 1360. The third kappa shape index (κ3) is 3.60. The summed E-state index contributed by atoms with van der Waals surface area (Å²) < 4.78 is 1.98. The molecule has 3 amide bonds. The summed E-state index contributed by atoms with van der Waals surface area (Å²) in [6.45, 7) is 0.118. The van der Waals surface area contributed by atoms with Crippen LogP contribution in [0.4, 0.5) is 4.79 Å². The quantitative estimate of drug-likeness (QED) is 0.351. The van der Waals surface area contributed by atoms with Crippen molar-refractivity contribution in [3.8, 4) is 5.69 Å². The van der Waals surface area contributed by atoms with E-state index in [4.69, 9.17) is 11.6 Å². The molecule has 31 heavy (non-hydrogen) atoms. The molecule has 1 aliphatic heterocycles. The lowest BCUT2D eigenvalue weighted by molar-refractivity contribution is -0.123. The zero-order valence-electron chi connectivity index (χ0n) is 16.5. The maximum absolute atomic E-state index is 12.9. The van der Waals surface area contributed by atoms with E-state index in [-0.39, 0.29) is 18.1 Å². The Hall–Kier alpha value is -3.83. The molecule has 0 unspecified atom stereocenters. The number of hydrogen-bond acceptors (Lipinski definition) is 2. The number of nitrogens with one attached hydrogen (secondary N) is 1. The second-order valence-electron chi connectivity index (χ2n) is 7.31. The van der Waals surface area contributed by atoms with Gasteiger partial charge >= 0.3 is 6.03 Å². The number of hydrogen-bond donors (Lipinski definition) is 1. The maximum Gasteiger partial charge on any atom is 0.329 e. The van der Waals surface area contributed by atoms with E-state index in [1.54, 1.807) is 18.2 Å². The summed E-state index contributed by atoms with van der Waals surface area (Å²) in [5.74, 6) is -0.379. The van der Waals surface area contributed by atoms with Gasteiger partial charge < -0.3 is 9.88 Å². The van der Waals surface area contributed by atoms with Crippen molar-refractivity contribution in [3.05, 3.63) is 107 Å². The van der Waals surface area contributed by atoms with Crippen LogP contribution in [0.2, 0.25) is 5.02 Å². The number of fused-ring (bicyclic) bond motifs is 1. The molecule has 0 radical (unpaired) electrons. The lowest BCUT2D eigenvalue weighted by Gasteiger charge is -2.12. The second-order valence-corrected chi connectivity index (χ2v) is 7.71. The van der Waals surface area contributed by atoms with E-state index in [0.717, 1.165) is 27.1 Å². The minimum Gasteiger partial charge on any atom is -0.317 e. The van der Waals surface area contributed by atoms with Gasteiger partial charge in [-0.05, 0) is 52.7 Å². The topological polar surface area (TPSA) is 54.3 Å². The summed E-state index contributed by atoms with van der Waals surface area (Å²) in [4.78, 5) is 26.5. The van der Waals surface area contributed by atoms with Crippen LogP contribution in [-0.4, -0.2) is 21.4 Å². The molecule has 6 heteroatoms. The zero-order chi connectivity index (χ0) is 21.4. The largest absolute Gasteiger partial charge is 0.329 e. The minimum atomic E-state index is -0.458. The Morgan fingerprint density at radius 2 is 1.65 bits per heavy atom. The van der Waals surface area contributed by atoms with Crippen LogP contribution in [0.3, 0.4) is 0 Å². The van der Waals surface area contributed by atoms with Gasteiger partial charge in [0.15, 0.2) is 0 Å². The molecule has 0 spiro atoms.